The molecule has 0 unspecified atom stereocenters. The van der Waals surface area contributed by atoms with E-state index in [4.69, 9.17) is 5.73 Å². The quantitative estimate of drug-likeness (QED) is 0.892. The Balaban J connectivity index is 2.20. The van der Waals surface area contributed by atoms with Gasteiger partial charge in [-0.1, -0.05) is 11.3 Å². The van der Waals surface area contributed by atoms with E-state index in [1.807, 2.05) is 6.92 Å². The Labute approximate surface area is 110 Å². The van der Waals surface area contributed by atoms with Crippen LogP contribution in [0, 0.1) is 6.92 Å². The molecule has 0 spiro atoms. The van der Waals surface area contributed by atoms with Crippen LogP contribution in [0.25, 0.3) is 0 Å². The normalized spacial score (nSPS) is 10.2. The summed E-state index contributed by atoms with van der Waals surface area (Å²) in [6.07, 6.45) is 3.08. The maximum atomic E-state index is 11.9. The van der Waals surface area contributed by atoms with Crippen molar-refractivity contribution < 1.29 is 4.79 Å². The number of carbonyl (C=O) groups is 1. The van der Waals surface area contributed by atoms with Crippen LogP contribution in [0.15, 0.2) is 22.2 Å². The van der Waals surface area contributed by atoms with Crippen LogP contribution < -0.4 is 11.1 Å². The lowest BCUT2D eigenvalue weighted by Gasteiger charge is -2.05. The number of rotatable bonds is 2. The lowest BCUT2D eigenvalue weighted by Crippen LogP contribution is -2.14. The average molecular weight is 313 g/mol. The van der Waals surface area contributed by atoms with Gasteiger partial charge in [-0.3, -0.25) is 15.1 Å². The maximum absolute atomic E-state index is 11.9. The number of halogens is 1. The molecule has 2 aromatic heterocycles. The fourth-order valence-electron chi connectivity index (χ4n) is 1.25. The molecule has 2 rings (SSSR count). The van der Waals surface area contributed by atoms with E-state index >= 15 is 0 Å². The summed E-state index contributed by atoms with van der Waals surface area (Å²) >= 11 is 4.60. The van der Waals surface area contributed by atoms with E-state index in [1.54, 1.807) is 12.3 Å². The monoisotopic (exact) mass is 312 g/mol. The fourth-order valence-corrected chi connectivity index (χ4v) is 2.35. The molecule has 2 heterocycles. The van der Waals surface area contributed by atoms with Crippen molar-refractivity contribution in [3.8, 4) is 0 Å². The molecule has 0 bridgehead atoms. The number of nitrogens with one attached hydrogen (secondary N) is 1. The zero-order chi connectivity index (χ0) is 12.4. The number of nitrogens with two attached hydrogens (primary N) is 1. The van der Waals surface area contributed by atoms with Crippen molar-refractivity contribution >= 4 is 44.0 Å². The van der Waals surface area contributed by atoms with Gasteiger partial charge < -0.3 is 5.73 Å². The Bertz CT molecular complexity index is 569. The van der Waals surface area contributed by atoms with Crippen LogP contribution >= 0.6 is 27.3 Å². The van der Waals surface area contributed by atoms with E-state index in [9.17, 15) is 4.79 Å². The standard InChI is InChI=1S/C10H9BrN4OS/c1-5-2-7(12)6(3-13-5)9(16)15-10-14-4-8(11)17-10/h2-4H,1H3,(H2,12,13)(H,14,15,16). The number of anilines is 2. The van der Waals surface area contributed by atoms with Crippen molar-refractivity contribution in [1.82, 2.24) is 9.97 Å². The molecular formula is C10H9BrN4OS. The van der Waals surface area contributed by atoms with E-state index < -0.39 is 0 Å². The van der Waals surface area contributed by atoms with Crippen molar-refractivity contribution in [2.75, 3.05) is 11.1 Å². The number of amides is 1. The van der Waals surface area contributed by atoms with Gasteiger partial charge in [0.25, 0.3) is 5.91 Å². The van der Waals surface area contributed by atoms with Crippen molar-refractivity contribution in [2.45, 2.75) is 6.92 Å². The van der Waals surface area contributed by atoms with Gasteiger partial charge in [0.15, 0.2) is 5.13 Å². The molecule has 0 radical (unpaired) electrons. The van der Waals surface area contributed by atoms with E-state index in [-0.39, 0.29) is 5.91 Å². The summed E-state index contributed by atoms with van der Waals surface area (Å²) in [4.78, 5) is 19.9. The molecule has 0 fully saturated rings. The van der Waals surface area contributed by atoms with Gasteiger partial charge in [-0.25, -0.2) is 4.98 Å². The molecule has 0 aliphatic heterocycles. The topological polar surface area (TPSA) is 80.9 Å². The van der Waals surface area contributed by atoms with Gasteiger partial charge in [0.1, 0.15) is 0 Å². The Hall–Kier alpha value is -1.47. The second kappa shape index (κ2) is 4.80. The predicted octanol–water partition coefficient (Wildman–Crippen LogP) is 2.44. The Morgan fingerprint density at radius 1 is 1.47 bits per heavy atom. The minimum absolute atomic E-state index is 0.308. The molecule has 88 valence electrons. The number of carbonyl (C=O) groups excluding carboxylic acids is 1. The van der Waals surface area contributed by atoms with Crippen LogP contribution in [0.3, 0.4) is 0 Å². The summed E-state index contributed by atoms with van der Waals surface area (Å²) in [5.74, 6) is -0.308. The summed E-state index contributed by atoms with van der Waals surface area (Å²) in [7, 11) is 0. The molecule has 1 amide bonds. The lowest BCUT2D eigenvalue weighted by molar-refractivity contribution is 0.102. The number of hydrogen-bond acceptors (Lipinski definition) is 5. The van der Waals surface area contributed by atoms with Crippen molar-refractivity contribution in [3.05, 3.63) is 33.5 Å². The predicted molar refractivity (Wildman–Crippen MR) is 71.2 cm³/mol. The molecule has 3 N–H and O–H groups in total. The molecule has 0 saturated carbocycles. The van der Waals surface area contributed by atoms with Crippen LogP contribution in [-0.2, 0) is 0 Å². The number of aryl methyl sites for hydroxylation is 1. The third-order valence-electron chi connectivity index (χ3n) is 2.02. The van der Waals surface area contributed by atoms with Crippen molar-refractivity contribution in [1.29, 1.82) is 0 Å². The molecule has 0 atom stereocenters. The van der Waals surface area contributed by atoms with Crippen LogP contribution in [0.5, 0.6) is 0 Å². The Morgan fingerprint density at radius 3 is 2.82 bits per heavy atom. The van der Waals surface area contributed by atoms with Gasteiger partial charge in [0.2, 0.25) is 0 Å². The zero-order valence-corrected chi connectivity index (χ0v) is 11.3. The van der Waals surface area contributed by atoms with Crippen LogP contribution in [0.2, 0.25) is 0 Å². The number of pyridine rings is 1. The second-order valence-electron chi connectivity index (χ2n) is 3.34. The highest BCUT2D eigenvalue weighted by atomic mass is 79.9. The third-order valence-corrected chi connectivity index (χ3v) is 3.41. The molecule has 2 aromatic rings. The van der Waals surface area contributed by atoms with Gasteiger partial charge in [-0.05, 0) is 28.9 Å². The fraction of sp³-hybridized carbons (Fsp3) is 0.100. The molecule has 17 heavy (non-hydrogen) atoms. The van der Waals surface area contributed by atoms with Gasteiger partial charge in [-0.15, -0.1) is 0 Å². The maximum Gasteiger partial charge on any atom is 0.261 e. The lowest BCUT2D eigenvalue weighted by atomic mass is 10.2. The van der Waals surface area contributed by atoms with E-state index in [2.05, 4.69) is 31.2 Å². The van der Waals surface area contributed by atoms with E-state index in [1.165, 1.54) is 17.5 Å². The van der Waals surface area contributed by atoms with E-state index in [0.717, 1.165) is 9.48 Å². The minimum atomic E-state index is -0.308. The van der Waals surface area contributed by atoms with Gasteiger partial charge in [-0.2, -0.15) is 0 Å². The highest BCUT2D eigenvalue weighted by Crippen LogP contribution is 2.24. The van der Waals surface area contributed by atoms with Gasteiger partial charge >= 0.3 is 0 Å². The second-order valence-corrected chi connectivity index (χ2v) is 5.75. The average Bonchev–Trinajstić information content (AvgIpc) is 2.63. The number of thiazole rings is 1. The molecule has 0 saturated heterocycles. The first-order valence-electron chi connectivity index (χ1n) is 4.71. The van der Waals surface area contributed by atoms with Crippen LogP contribution in [0.1, 0.15) is 16.1 Å². The summed E-state index contributed by atoms with van der Waals surface area (Å²) in [6, 6.07) is 1.66. The first kappa shape index (κ1) is 12.0. The highest BCUT2D eigenvalue weighted by molar-refractivity contribution is 9.11. The largest absolute Gasteiger partial charge is 0.398 e. The first-order valence-corrected chi connectivity index (χ1v) is 6.32. The summed E-state index contributed by atoms with van der Waals surface area (Å²) in [5.41, 5.74) is 7.29. The minimum Gasteiger partial charge on any atom is -0.398 e. The van der Waals surface area contributed by atoms with Crippen LogP contribution in [0.4, 0.5) is 10.8 Å². The molecule has 5 nitrogen and oxygen atoms in total. The zero-order valence-electron chi connectivity index (χ0n) is 8.90. The molecule has 0 aliphatic carbocycles. The first-order chi connectivity index (χ1) is 8.06. The molecule has 0 aliphatic rings. The molecule has 7 heteroatoms. The van der Waals surface area contributed by atoms with Crippen molar-refractivity contribution in [2.24, 2.45) is 0 Å². The Kier molecular flexibility index (Phi) is 3.39. The summed E-state index contributed by atoms with van der Waals surface area (Å²) < 4.78 is 0.850. The number of aromatic nitrogens is 2. The number of nitrogens with zero attached hydrogens (tertiary/aromatic N) is 2. The summed E-state index contributed by atoms with van der Waals surface area (Å²) in [6.45, 7) is 1.82. The summed E-state index contributed by atoms with van der Waals surface area (Å²) in [5, 5.41) is 3.17. The smallest absolute Gasteiger partial charge is 0.261 e. The Morgan fingerprint density at radius 2 is 2.24 bits per heavy atom. The number of hydrogen-bond donors (Lipinski definition) is 2. The molecule has 0 aromatic carbocycles. The van der Waals surface area contributed by atoms with Gasteiger partial charge in [0.05, 0.1) is 15.5 Å². The van der Waals surface area contributed by atoms with Gasteiger partial charge in [0, 0.05) is 17.6 Å². The van der Waals surface area contributed by atoms with Crippen LogP contribution in [-0.4, -0.2) is 15.9 Å². The third kappa shape index (κ3) is 2.80. The molecular weight excluding hydrogens is 304 g/mol. The van der Waals surface area contributed by atoms with E-state index in [0.29, 0.717) is 16.4 Å². The number of nitrogen functional groups attached to an aromatic ring is 1. The SMILES string of the molecule is Cc1cc(N)c(C(=O)Nc2ncc(Br)s2)cn1. The van der Waals surface area contributed by atoms with Crippen molar-refractivity contribution in [3.63, 3.8) is 0 Å². The highest BCUT2D eigenvalue weighted by Gasteiger charge is 2.12.